The molecule has 2 N–H and O–H groups in total. The molecule has 1 aromatic carbocycles. The van der Waals surface area contributed by atoms with E-state index in [1.165, 1.54) is 29.7 Å². The predicted octanol–water partition coefficient (Wildman–Crippen LogP) is 3.81. The number of anilines is 2. The molecule has 32 heavy (non-hydrogen) atoms. The molecular weight excluding hydrogens is 443 g/mol. The third-order valence-corrected chi connectivity index (χ3v) is 5.79. The molecule has 4 rings (SSSR count). The number of rotatable bonds is 5. The van der Waals surface area contributed by atoms with Gasteiger partial charge in [-0.05, 0) is 36.4 Å². The fourth-order valence-corrected chi connectivity index (χ4v) is 4.29. The number of alkyl halides is 3. The van der Waals surface area contributed by atoms with Crippen molar-refractivity contribution in [2.45, 2.75) is 19.1 Å². The lowest BCUT2D eigenvalue weighted by Gasteiger charge is -2.25. The van der Waals surface area contributed by atoms with Crippen LogP contribution in [0.5, 0.6) is 0 Å². The summed E-state index contributed by atoms with van der Waals surface area (Å²) in [7, 11) is 0. The summed E-state index contributed by atoms with van der Waals surface area (Å²) in [5.74, 6) is -0.661. The minimum Gasteiger partial charge on any atom is -0.325 e. The number of aromatic nitrogens is 2. The molecule has 1 aliphatic rings. The molecule has 0 spiro atoms. The molecule has 0 radical (unpaired) electrons. The van der Waals surface area contributed by atoms with Crippen molar-refractivity contribution in [3.63, 3.8) is 0 Å². The molecule has 3 aromatic rings. The number of hydrogen-bond donors (Lipinski definition) is 2. The Morgan fingerprint density at radius 2 is 1.88 bits per heavy atom. The zero-order valence-corrected chi connectivity index (χ0v) is 17.5. The molecule has 3 heterocycles. The zero-order valence-electron chi connectivity index (χ0n) is 16.6. The number of halogens is 3. The van der Waals surface area contributed by atoms with E-state index in [4.69, 9.17) is 0 Å². The highest BCUT2D eigenvalue weighted by molar-refractivity contribution is 7.15. The lowest BCUT2D eigenvalue weighted by Crippen LogP contribution is -2.36. The van der Waals surface area contributed by atoms with Crippen molar-refractivity contribution in [1.29, 1.82) is 0 Å². The zero-order chi connectivity index (χ0) is 22.7. The lowest BCUT2D eigenvalue weighted by atomic mass is 10.2. The molecule has 0 aliphatic carbocycles. The number of nitrogens with one attached hydrogen (secondary N) is 2. The molecule has 0 saturated heterocycles. The first-order valence-corrected chi connectivity index (χ1v) is 10.5. The summed E-state index contributed by atoms with van der Waals surface area (Å²) >= 11 is 1.35. The van der Waals surface area contributed by atoms with Crippen molar-refractivity contribution in [3.05, 3.63) is 70.5 Å². The maximum atomic E-state index is 12.6. The molecule has 0 bridgehead atoms. The summed E-state index contributed by atoms with van der Waals surface area (Å²) in [5, 5.41) is 5.84. The van der Waals surface area contributed by atoms with Crippen molar-refractivity contribution in [2.24, 2.45) is 0 Å². The van der Waals surface area contributed by atoms with Gasteiger partial charge >= 0.3 is 6.18 Å². The summed E-state index contributed by atoms with van der Waals surface area (Å²) in [6, 6.07) is 9.38. The van der Waals surface area contributed by atoms with E-state index in [1.54, 1.807) is 18.2 Å². The molecule has 0 fully saturated rings. The predicted molar refractivity (Wildman–Crippen MR) is 113 cm³/mol. The van der Waals surface area contributed by atoms with Crippen LogP contribution in [0.25, 0.3) is 0 Å². The summed E-state index contributed by atoms with van der Waals surface area (Å²) in [4.78, 5) is 35.9. The van der Waals surface area contributed by atoms with Crippen LogP contribution < -0.4 is 10.6 Å². The highest BCUT2D eigenvalue weighted by atomic mass is 32.1. The van der Waals surface area contributed by atoms with E-state index in [-0.39, 0.29) is 18.4 Å². The highest BCUT2D eigenvalue weighted by Crippen LogP contribution is 2.30. The SMILES string of the molecule is O=C(CN1CCc2nc(NC(=O)c3ccccn3)sc2C1)Nc1ccc(C(F)(F)F)cc1. The lowest BCUT2D eigenvalue weighted by molar-refractivity contribution is -0.137. The molecular formula is C21H18F3N5O2S. The van der Waals surface area contributed by atoms with E-state index in [1.807, 2.05) is 4.90 Å². The van der Waals surface area contributed by atoms with Crippen LogP contribution in [0.3, 0.4) is 0 Å². The average molecular weight is 461 g/mol. The largest absolute Gasteiger partial charge is 0.416 e. The Hall–Kier alpha value is -3.31. The van der Waals surface area contributed by atoms with Gasteiger partial charge < -0.3 is 5.32 Å². The van der Waals surface area contributed by atoms with Crippen molar-refractivity contribution in [1.82, 2.24) is 14.9 Å². The Bertz CT molecular complexity index is 1120. The first-order valence-electron chi connectivity index (χ1n) is 9.68. The second kappa shape index (κ2) is 9.05. The number of pyridine rings is 1. The van der Waals surface area contributed by atoms with Crippen LogP contribution in [-0.4, -0.2) is 39.8 Å². The number of hydrogen-bond acceptors (Lipinski definition) is 6. The molecule has 0 unspecified atom stereocenters. The smallest absolute Gasteiger partial charge is 0.325 e. The van der Waals surface area contributed by atoms with Gasteiger partial charge in [0.2, 0.25) is 5.91 Å². The Labute approximate surface area is 185 Å². The van der Waals surface area contributed by atoms with Gasteiger partial charge in [-0.2, -0.15) is 13.2 Å². The molecule has 11 heteroatoms. The molecule has 2 amide bonds. The van der Waals surface area contributed by atoms with Crippen LogP contribution in [0.15, 0.2) is 48.7 Å². The Morgan fingerprint density at radius 3 is 2.56 bits per heavy atom. The minimum atomic E-state index is -4.42. The van der Waals surface area contributed by atoms with Gasteiger partial charge in [-0.15, -0.1) is 11.3 Å². The average Bonchev–Trinajstić information content (AvgIpc) is 3.15. The minimum absolute atomic E-state index is 0.0913. The van der Waals surface area contributed by atoms with E-state index in [0.29, 0.717) is 36.0 Å². The Kier molecular flexibility index (Phi) is 6.19. The van der Waals surface area contributed by atoms with Crippen molar-refractivity contribution < 1.29 is 22.8 Å². The van der Waals surface area contributed by atoms with Crippen LogP contribution in [0.4, 0.5) is 24.0 Å². The van der Waals surface area contributed by atoms with Crippen LogP contribution in [0.1, 0.15) is 26.6 Å². The quantitative estimate of drug-likeness (QED) is 0.604. The number of nitrogens with zero attached hydrogens (tertiary/aromatic N) is 3. The first kappa shape index (κ1) is 21.9. The summed E-state index contributed by atoms with van der Waals surface area (Å²) < 4.78 is 37.9. The second-order valence-corrected chi connectivity index (χ2v) is 8.23. The summed E-state index contributed by atoms with van der Waals surface area (Å²) in [5.41, 5.74) is 0.709. The monoisotopic (exact) mass is 461 g/mol. The molecule has 2 aromatic heterocycles. The van der Waals surface area contributed by atoms with Gasteiger partial charge in [-0.25, -0.2) is 4.98 Å². The second-order valence-electron chi connectivity index (χ2n) is 7.14. The molecule has 0 saturated carbocycles. The number of benzene rings is 1. The van der Waals surface area contributed by atoms with Gasteiger partial charge in [-0.1, -0.05) is 6.07 Å². The topological polar surface area (TPSA) is 87.2 Å². The fourth-order valence-electron chi connectivity index (χ4n) is 3.24. The van der Waals surface area contributed by atoms with Crippen molar-refractivity contribution in [3.8, 4) is 0 Å². The van der Waals surface area contributed by atoms with E-state index < -0.39 is 11.7 Å². The Balaban J connectivity index is 1.32. The number of carbonyl (C=O) groups is 2. The van der Waals surface area contributed by atoms with E-state index in [0.717, 1.165) is 22.7 Å². The maximum absolute atomic E-state index is 12.6. The van der Waals surface area contributed by atoms with Crippen LogP contribution in [0.2, 0.25) is 0 Å². The van der Waals surface area contributed by atoms with Gasteiger partial charge in [0.1, 0.15) is 5.69 Å². The Morgan fingerprint density at radius 1 is 1.09 bits per heavy atom. The van der Waals surface area contributed by atoms with Gasteiger partial charge in [0.05, 0.1) is 17.8 Å². The fraction of sp³-hybridized carbons (Fsp3) is 0.238. The standard InChI is InChI=1S/C21H18F3N5O2S/c22-21(23,24)13-4-6-14(7-5-13)26-18(30)12-29-10-8-15-17(11-29)32-20(27-15)28-19(31)16-3-1-2-9-25-16/h1-7,9H,8,10-12H2,(H,26,30)(H,27,28,31). The van der Waals surface area contributed by atoms with Gasteiger partial charge in [0, 0.05) is 36.3 Å². The normalized spacial score (nSPS) is 14.0. The number of amides is 2. The molecule has 0 atom stereocenters. The highest BCUT2D eigenvalue weighted by Gasteiger charge is 2.30. The summed E-state index contributed by atoms with van der Waals surface area (Å²) in [6.45, 7) is 1.19. The van der Waals surface area contributed by atoms with E-state index in [2.05, 4.69) is 20.6 Å². The maximum Gasteiger partial charge on any atom is 0.416 e. The van der Waals surface area contributed by atoms with E-state index >= 15 is 0 Å². The van der Waals surface area contributed by atoms with Crippen molar-refractivity contribution in [2.75, 3.05) is 23.7 Å². The number of thiazole rings is 1. The number of carbonyl (C=O) groups excluding carboxylic acids is 2. The molecule has 7 nitrogen and oxygen atoms in total. The van der Waals surface area contributed by atoms with Gasteiger partial charge in [0.25, 0.3) is 5.91 Å². The molecule has 1 aliphatic heterocycles. The first-order chi connectivity index (χ1) is 15.3. The van der Waals surface area contributed by atoms with Crippen LogP contribution in [-0.2, 0) is 23.9 Å². The van der Waals surface area contributed by atoms with Crippen LogP contribution >= 0.6 is 11.3 Å². The third-order valence-electron chi connectivity index (χ3n) is 4.79. The van der Waals surface area contributed by atoms with Gasteiger partial charge in [0.15, 0.2) is 5.13 Å². The van der Waals surface area contributed by atoms with Crippen LogP contribution in [0, 0.1) is 0 Å². The summed E-state index contributed by atoms with van der Waals surface area (Å²) in [6.07, 6.45) is -2.26. The number of fused-ring (bicyclic) bond motifs is 1. The molecule has 166 valence electrons. The van der Waals surface area contributed by atoms with E-state index in [9.17, 15) is 22.8 Å². The van der Waals surface area contributed by atoms with Crippen molar-refractivity contribution >= 4 is 34.0 Å². The van der Waals surface area contributed by atoms with Gasteiger partial charge in [-0.3, -0.25) is 24.8 Å². The third kappa shape index (κ3) is 5.29.